The van der Waals surface area contributed by atoms with Crippen molar-refractivity contribution in [2.24, 2.45) is 17.8 Å². The van der Waals surface area contributed by atoms with E-state index in [1.54, 1.807) is 12.1 Å². The fourth-order valence-electron chi connectivity index (χ4n) is 5.18. The lowest BCUT2D eigenvalue weighted by atomic mass is 9.68. The van der Waals surface area contributed by atoms with E-state index in [1.165, 1.54) is 69.8 Å². The number of carboxylic acids is 1. The molecule has 0 spiro atoms. The third-order valence-corrected chi connectivity index (χ3v) is 6.66. The van der Waals surface area contributed by atoms with Crippen molar-refractivity contribution in [2.45, 2.75) is 77.0 Å². The average molecular weight is 328 g/mol. The highest BCUT2D eigenvalue weighted by molar-refractivity contribution is 5.87. The summed E-state index contributed by atoms with van der Waals surface area (Å²) in [5.41, 5.74) is 1.74. The topological polar surface area (TPSA) is 37.3 Å². The van der Waals surface area contributed by atoms with Crippen LogP contribution in [0.5, 0.6) is 0 Å². The van der Waals surface area contributed by atoms with Crippen LogP contribution in [0.3, 0.4) is 0 Å². The van der Waals surface area contributed by atoms with Gasteiger partial charge in [-0.2, -0.15) is 0 Å². The summed E-state index contributed by atoms with van der Waals surface area (Å²) in [5.74, 6) is 2.75. The van der Waals surface area contributed by atoms with Crippen LogP contribution in [0.15, 0.2) is 24.3 Å². The number of benzene rings is 1. The van der Waals surface area contributed by atoms with Crippen LogP contribution in [0, 0.1) is 17.8 Å². The molecule has 3 rings (SSSR count). The number of rotatable bonds is 5. The fourth-order valence-corrected chi connectivity index (χ4v) is 5.18. The Morgan fingerprint density at radius 1 is 0.917 bits per heavy atom. The van der Waals surface area contributed by atoms with E-state index in [2.05, 4.69) is 6.92 Å². The van der Waals surface area contributed by atoms with Crippen LogP contribution in [-0.2, 0) is 0 Å². The first kappa shape index (κ1) is 17.5. The van der Waals surface area contributed by atoms with E-state index in [0.717, 1.165) is 17.8 Å². The Bertz CT molecular complexity index is 517. The normalized spacial score (nSPS) is 30.9. The second kappa shape index (κ2) is 8.18. The molecule has 2 saturated carbocycles. The Morgan fingerprint density at radius 3 is 1.96 bits per heavy atom. The molecule has 2 nitrogen and oxygen atoms in total. The Balaban J connectivity index is 1.48. The highest BCUT2D eigenvalue weighted by Gasteiger charge is 2.31. The molecule has 0 radical (unpaired) electrons. The summed E-state index contributed by atoms with van der Waals surface area (Å²) >= 11 is 0. The van der Waals surface area contributed by atoms with E-state index in [1.807, 2.05) is 12.1 Å². The highest BCUT2D eigenvalue weighted by atomic mass is 16.4. The summed E-state index contributed by atoms with van der Waals surface area (Å²) in [6.07, 6.45) is 14.0. The first-order chi connectivity index (χ1) is 11.7. The van der Waals surface area contributed by atoms with Crippen LogP contribution in [0.25, 0.3) is 0 Å². The second-order valence-corrected chi connectivity index (χ2v) is 8.11. The maximum Gasteiger partial charge on any atom is 0.335 e. The van der Waals surface area contributed by atoms with Crippen molar-refractivity contribution in [2.75, 3.05) is 0 Å². The SMILES string of the molecule is CCCC1CCC(C2CCC(c3ccc(C(=O)O)cc3)CC2)CC1. The monoisotopic (exact) mass is 328 g/mol. The molecule has 0 amide bonds. The molecule has 132 valence electrons. The Kier molecular flexibility index (Phi) is 5.97. The van der Waals surface area contributed by atoms with E-state index >= 15 is 0 Å². The standard InChI is InChI=1S/C22H32O2/c1-2-3-16-4-6-17(7-5-16)18-8-10-19(11-9-18)20-12-14-21(15-13-20)22(23)24/h12-19H,2-11H2,1H3,(H,23,24). The molecule has 0 saturated heterocycles. The predicted octanol–water partition coefficient (Wildman–Crippen LogP) is 6.27. The molecule has 0 bridgehead atoms. The number of hydrogen-bond acceptors (Lipinski definition) is 1. The summed E-state index contributed by atoms with van der Waals surface area (Å²) in [5, 5.41) is 9.02. The van der Waals surface area contributed by atoms with Crippen LogP contribution in [0.2, 0.25) is 0 Å². The smallest absolute Gasteiger partial charge is 0.335 e. The van der Waals surface area contributed by atoms with Gasteiger partial charge in [-0.15, -0.1) is 0 Å². The van der Waals surface area contributed by atoms with Crippen LogP contribution < -0.4 is 0 Å². The largest absolute Gasteiger partial charge is 0.478 e. The third kappa shape index (κ3) is 4.20. The van der Waals surface area contributed by atoms with Crippen molar-refractivity contribution < 1.29 is 9.90 Å². The van der Waals surface area contributed by atoms with Crippen molar-refractivity contribution in [3.63, 3.8) is 0 Å². The van der Waals surface area contributed by atoms with Crippen molar-refractivity contribution in [3.8, 4) is 0 Å². The molecule has 0 heterocycles. The van der Waals surface area contributed by atoms with E-state index in [9.17, 15) is 4.79 Å². The van der Waals surface area contributed by atoms with Gasteiger partial charge in [-0.25, -0.2) is 4.79 Å². The van der Waals surface area contributed by atoms with Crippen LogP contribution in [-0.4, -0.2) is 11.1 Å². The summed E-state index contributed by atoms with van der Waals surface area (Å²) in [6, 6.07) is 7.59. The molecule has 24 heavy (non-hydrogen) atoms. The van der Waals surface area contributed by atoms with Gasteiger partial charge in [0.05, 0.1) is 5.56 Å². The molecule has 0 aromatic heterocycles. The van der Waals surface area contributed by atoms with Crippen LogP contribution >= 0.6 is 0 Å². The van der Waals surface area contributed by atoms with Crippen LogP contribution in [0.1, 0.15) is 93.0 Å². The lowest BCUT2D eigenvalue weighted by molar-refractivity contribution is 0.0697. The Morgan fingerprint density at radius 2 is 1.46 bits per heavy atom. The molecule has 1 aromatic rings. The number of carboxylic acid groups (broad SMARTS) is 1. The van der Waals surface area contributed by atoms with Gasteiger partial charge in [-0.3, -0.25) is 0 Å². The Labute approximate surface area is 146 Å². The summed E-state index contributed by atoms with van der Waals surface area (Å²) in [4.78, 5) is 11.0. The minimum absolute atomic E-state index is 0.399. The molecule has 2 fully saturated rings. The molecular formula is C22H32O2. The first-order valence-corrected chi connectivity index (χ1v) is 10.0. The van der Waals surface area contributed by atoms with Crippen molar-refractivity contribution in [1.29, 1.82) is 0 Å². The van der Waals surface area contributed by atoms with Gasteiger partial charge in [0.1, 0.15) is 0 Å². The lowest BCUT2D eigenvalue weighted by Gasteiger charge is -2.38. The zero-order valence-electron chi connectivity index (χ0n) is 15.0. The average Bonchev–Trinajstić information content (AvgIpc) is 2.63. The molecule has 2 heteroatoms. The van der Waals surface area contributed by atoms with Gasteiger partial charge in [-0.05, 0) is 79.9 Å². The molecule has 2 aliphatic rings. The van der Waals surface area contributed by atoms with Gasteiger partial charge in [0.25, 0.3) is 0 Å². The summed E-state index contributed by atoms with van der Waals surface area (Å²) in [6.45, 7) is 2.32. The van der Waals surface area contributed by atoms with Gasteiger partial charge in [0.15, 0.2) is 0 Å². The third-order valence-electron chi connectivity index (χ3n) is 6.66. The maximum absolute atomic E-state index is 11.0. The molecule has 1 aromatic carbocycles. The first-order valence-electron chi connectivity index (χ1n) is 10.0. The van der Waals surface area contributed by atoms with Gasteiger partial charge < -0.3 is 5.11 Å². The van der Waals surface area contributed by atoms with E-state index < -0.39 is 5.97 Å². The van der Waals surface area contributed by atoms with Gasteiger partial charge in [-0.1, -0.05) is 44.7 Å². The zero-order chi connectivity index (χ0) is 16.9. The molecule has 0 unspecified atom stereocenters. The van der Waals surface area contributed by atoms with Crippen LogP contribution in [0.4, 0.5) is 0 Å². The van der Waals surface area contributed by atoms with Crippen molar-refractivity contribution in [3.05, 3.63) is 35.4 Å². The minimum Gasteiger partial charge on any atom is -0.478 e. The molecule has 1 N–H and O–H groups in total. The maximum atomic E-state index is 11.0. The predicted molar refractivity (Wildman–Crippen MR) is 98.5 cm³/mol. The molecular weight excluding hydrogens is 296 g/mol. The quantitative estimate of drug-likeness (QED) is 0.692. The van der Waals surface area contributed by atoms with E-state index in [4.69, 9.17) is 5.11 Å². The number of carbonyl (C=O) groups is 1. The van der Waals surface area contributed by atoms with Gasteiger partial charge in [0.2, 0.25) is 0 Å². The number of hydrogen-bond donors (Lipinski definition) is 1. The Hall–Kier alpha value is -1.31. The highest BCUT2D eigenvalue weighted by Crippen LogP contribution is 2.44. The second-order valence-electron chi connectivity index (χ2n) is 8.11. The zero-order valence-corrected chi connectivity index (χ0v) is 15.0. The van der Waals surface area contributed by atoms with E-state index in [-0.39, 0.29) is 0 Å². The minimum atomic E-state index is -0.830. The van der Waals surface area contributed by atoms with Gasteiger partial charge in [0, 0.05) is 0 Å². The molecule has 0 atom stereocenters. The lowest BCUT2D eigenvalue weighted by Crippen LogP contribution is -2.25. The summed E-state index contributed by atoms with van der Waals surface area (Å²) in [7, 11) is 0. The van der Waals surface area contributed by atoms with Crippen molar-refractivity contribution in [1.82, 2.24) is 0 Å². The van der Waals surface area contributed by atoms with Gasteiger partial charge >= 0.3 is 5.97 Å². The fraction of sp³-hybridized carbons (Fsp3) is 0.682. The number of aromatic carboxylic acids is 1. The van der Waals surface area contributed by atoms with E-state index in [0.29, 0.717) is 11.5 Å². The summed E-state index contributed by atoms with van der Waals surface area (Å²) < 4.78 is 0. The molecule has 0 aliphatic heterocycles. The molecule has 2 aliphatic carbocycles. The van der Waals surface area contributed by atoms with Crippen molar-refractivity contribution >= 4 is 5.97 Å².